The molecule has 1 saturated heterocycles. The maximum absolute atomic E-state index is 2.58. The summed E-state index contributed by atoms with van der Waals surface area (Å²) >= 11 is 0. The highest BCUT2D eigenvalue weighted by Crippen LogP contribution is 2.14. The van der Waals surface area contributed by atoms with Crippen LogP contribution in [0.15, 0.2) is 0 Å². The third-order valence-electron chi connectivity index (χ3n) is 2.52. The van der Waals surface area contributed by atoms with Gasteiger partial charge in [-0.3, -0.25) is 9.80 Å². The fourth-order valence-corrected chi connectivity index (χ4v) is 1.99. The SMILES string of the molecule is CCC(N(C)C)N1CCCC1. The quantitative estimate of drug-likeness (QED) is 0.609. The Labute approximate surface area is 70.2 Å². The van der Waals surface area contributed by atoms with Crippen LogP contribution in [0.3, 0.4) is 0 Å². The summed E-state index contributed by atoms with van der Waals surface area (Å²) in [6, 6.07) is 0. The molecule has 1 rings (SSSR count). The van der Waals surface area contributed by atoms with Crippen LogP contribution in [0.5, 0.6) is 0 Å². The summed E-state index contributed by atoms with van der Waals surface area (Å²) in [6.07, 6.45) is 4.71. The van der Waals surface area contributed by atoms with Crippen molar-refractivity contribution in [1.29, 1.82) is 0 Å². The standard InChI is InChI=1S/C9H20N2/c1-4-9(10(2)3)11-7-5-6-8-11/h9H,4-8H2,1-3H3. The molecule has 1 aliphatic heterocycles. The second-order valence-electron chi connectivity index (χ2n) is 3.60. The van der Waals surface area contributed by atoms with Crippen molar-refractivity contribution in [3.05, 3.63) is 0 Å². The lowest BCUT2D eigenvalue weighted by molar-refractivity contribution is 0.0990. The molecular formula is C9H20N2. The van der Waals surface area contributed by atoms with Crippen LogP contribution in [0.25, 0.3) is 0 Å². The van der Waals surface area contributed by atoms with E-state index >= 15 is 0 Å². The molecule has 1 atom stereocenters. The van der Waals surface area contributed by atoms with Crippen molar-refractivity contribution in [2.24, 2.45) is 0 Å². The Kier molecular flexibility index (Phi) is 3.34. The summed E-state index contributed by atoms with van der Waals surface area (Å²) in [5, 5.41) is 0. The van der Waals surface area contributed by atoms with Gasteiger partial charge < -0.3 is 0 Å². The molecular weight excluding hydrogens is 136 g/mol. The topological polar surface area (TPSA) is 6.48 Å². The molecule has 0 aliphatic carbocycles. The van der Waals surface area contributed by atoms with Crippen LogP contribution >= 0.6 is 0 Å². The van der Waals surface area contributed by atoms with Crippen LogP contribution in [0.2, 0.25) is 0 Å². The van der Waals surface area contributed by atoms with Gasteiger partial charge in [0.2, 0.25) is 0 Å². The van der Waals surface area contributed by atoms with Crippen LogP contribution in [0.4, 0.5) is 0 Å². The average Bonchev–Trinajstić information content (AvgIpc) is 2.40. The molecule has 1 unspecified atom stereocenters. The van der Waals surface area contributed by atoms with Gasteiger partial charge in [0, 0.05) is 0 Å². The van der Waals surface area contributed by atoms with E-state index < -0.39 is 0 Å². The third-order valence-corrected chi connectivity index (χ3v) is 2.52. The fourth-order valence-electron chi connectivity index (χ4n) is 1.99. The number of hydrogen-bond acceptors (Lipinski definition) is 2. The van der Waals surface area contributed by atoms with Gasteiger partial charge in [0.25, 0.3) is 0 Å². The van der Waals surface area contributed by atoms with Gasteiger partial charge in [-0.25, -0.2) is 0 Å². The van der Waals surface area contributed by atoms with Gasteiger partial charge in [0.1, 0.15) is 0 Å². The lowest BCUT2D eigenvalue weighted by Gasteiger charge is -2.31. The van der Waals surface area contributed by atoms with Crippen molar-refractivity contribution in [2.45, 2.75) is 32.4 Å². The minimum Gasteiger partial charge on any atom is -0.294 e. The molecule has 0 N–H and O–H groups in total. The summed E-state index contributed by atoms with van der Waals surface area (Å²) in [5.74, 6) is 0. The van der Waals surface area contributed by atoms with Crippen LogP contribution in [0.1, 0.15) is 26.2 Å². The molecule has 0 saturated carbocycles. The zero-order valence-corrected chi connectivity index (χ0v) is 8.01. The van der Waals surface area contributed by atoms with Gasteiger partial charge in [-0.05, 0) is 46.4 Å². The molecule has 0 aromatic carbocycles. The summed E-state index contributed by atoms with van der Waals surface area (Å²) in [5.41, 5.74) is 0. The van der Waals surface area contributed by atoms with Crippen molar-refractivity contribution in [3.8, 4) is 0 Å². The van der Waals surface area contributed by atoms with Gasteiger partial charge in [0.05, 0.1) is 6.17 Å². The molecule has 1 aliphatic rings. The lowest BCUT2D eigenvalue weighted by atomic mass is 10.3. The molecule has 0 amide bonds. The summed E-state index contributed by atoms with van der Waals surface area (Å²) in [4.78, 5) is 4.91. The first kappa shape index (κ1) is 9.01. The van der Waals surface area contributed by atoms with E-state index in [2.05, 4.69) is 30.8 Å². The van der Waals surface area contributed by atoms with Gasteiger partial charge in [0.15, 0.2) is 0 Å². The molecule has 66 valence electrons. The van der Waals surface area contributed by atoms with Crippen LogP contribution in [-0.2, 0) is 0 Å². The first-order chi connectivity index (χ1) is 5.25. The Balaban J connectivity index is 2.40. The molecule has 11 heavy (non-hydrogen) atoms. The molecule has 2 heteroatoms. The highest BCUT2D eigenvalue weighted by molar-refractivity contribution is 4.73. The van der Waals surface area contributed by atoms with Crippen molar-refractivity contribution < 1.29 is 0 Å². The average molecular weight is 156 g/mol. The van der Waals surface area contributed by atoms with E-state index in [1.54, 1.807) is 0 Å². The van der Waals surface area contributed by atoms with Crippen molar-refractivity contribution in [1.82, 2.24) is 9.80 Å². The third kappa shape index (κ3) is 2.17. The van der Waals surface area contributed by atoms with Crippen molar-refractivity contribution in [3.63, 3.8) is 0 Å². The molecule has 1 fully saturated rings. The van der Waals surface area contributed by atoms with Crippen LogP contribution < -0.4 is 0 Å². The Morgan fingerprint density at radius 3 is 2.18 bits per heavy atom. The van der Waals surface area contributed by atoms with Crippen LogP contribution in [0, 0.1) is 0 Å². The van der Waals surface area contributed by atoms with E-state index in [0.29, 0.717) is 6.17 Å². The Hall–Kier alpha value is -0.0800. The van der Waals surface area contributed by atoms with Crippen molar-refractivity contribution >= 4 is 0 Å². The number of rotatable bonds is 3. The number of hydrogen-bond donors (Lipinski definition) is 0. The van der Waals surface area contributed by atoms with E-state index in [1.165, 1.54) is 32.4 Å². The molecule has 0 bridgehead atoms. The summed E-state index contributed by atoms with van der Waals surface area (Å²) in [6.45, 7) is 4.87. The minimum atomic E-state index is 0.678. The summed E-state index contributed by atoms with van der Waals surface area (Å²) in [7, 11) is 4.35. The largest absolute Gasteiger partial charge is 0.294 e. The second kappa shape index (κ2) is 4.07. The fraction of sp³-hybridized carbons (Fsp3) is 1.00. The molecule has 0 aromatic rings. The predicted octanol–water partition coefficient (Wildman–Crippen LogP) is 1.38. The maximum atomic E-state index is 2.58. The highest BCUT2D eigenvalue weighted by Gasteiger charge is 2.21. The lowest BCUT2D eigenvalue weighted by Crippen LogP contribution is -2.42. The van der Waals surface area contributed by atoms with Gasteiger partial charge in [-0.2, -0.15) is 0 Å². The Morgan fingerprint density at radius 1 is 1.27 bits per heavy atom. The van der Waals surface area contributed by atoms with E-state index in [1.807, 2.05) is 0 Å². The molecule has 0 spiro atoms. The molecule has 0 radical (unpaired) electrons. The van der Waals surface area contributed by atoms with Gasteiger partial charge in [-0.1, -0.05) is 6.92 Å². The van der Waals surface area contributed by atoms with Gasteiger partial charge >= 0.3 is 0 Å². The zero-order chi connectivity index (χ0) is 8.27. The van der Waals surface area contributed by atoms with E-state index in [0.717, 1.165) is 0 Å². The maximum Gasteiger partial charge on any atom is 0.0614 e. The van der Waals surface area contributed by atoms with E-state index in [4.69, 9.17) is 0 Å². The molecule has 2 nitrogen and oxygen atoms in total. The second-order valence-corrected chi connectivity index (χ2v) is 3.60. The zero-order valence-electron chi connectivity index (χ0n) is 8.01. The molecule has 0 aromatic heterocycles. The van der Waals surface area contributed by atoms with Crippen LogP contribution in [-0.4, -0.2) is 43.2 Å². The molecule has 1 heterocycles. The smallest absolute Gasteiger partial charge is 0.0614 e. The first-order valence-corrected chi connectivity index (χ1v) is 4.66. The van der Waals surface area contributed by atoms with E-state index in [9.17, 15) is 0 Å². The number of nitrogens with zero attached hydrogens (tertiary/aromatic N) is 2. The van der Waals surface area contributed by atoms with E-state index in [-0.39, 0.29) is 0 Å². The number of likely N-dealkylation sites (tertiary alicyclic amines) is 1. The Morgan fingerprint density at radius 2 is 1.82 bits per heavy atom. The highest BCUT2D eigenvalue weighted by atomic mass is 15.3. The monoisotopic (exact) mass is 156 g/mol. The summed E-state index contributed by atoms with van der Waals surface area (Å²) < 4.78 is 0. The predicted molar refractivity (Wildman–Crippen MR) is 48.6 cm³/mol. The van der Waals surface area contributed by atoms with Gasteiger partial charge in [-0.15, -0.1) is 0 Å². The minimum absolute atomic E-state index is 0.678. The first-order valence-electron chi connectivity index (χ1n) is 4.66. The van der Waals surface area contributed by atoms with Crippen molar-refractivity contribution in [2.75, 3.05) is 27.2 Å². The Bertz CT molecular complexity index is 106. The normalized spacial score (nSPS) is 22.9.